The van der Waals surface area contributed by atoms with E-state index in [1.807, 2.05) is 44.2 Å². The second-order valence-corrected chi connectivity index (χ2v) is 6.78. The first-order valence-corrected chi connectivity index (χ1v) is 8.44. The maximum absolute atomic E-state index is 13.1. The number of amides is 1. The summed E-state index contributed by atoms with van der Waals surface area (Å²) in [5.74, 6) is -0.854. The van der Waals surface area contributed by atoms with Crippen LogP contribution in [0.4, 0.5) is 5.69 Å². The van der Waals surface area contributed by atoms with E-state index in [1.165, 1.54) is 12.1 Å². The highest BCUT2D eigenvalue weighted by Crippen LogP contribution is 2.38. The average Bonchev–Trinajstić information content (AvgIpc) is 2.57. The van der Waals surface area contributed by atoms with Crippen molar-refractivity contribution in [2.45, 2.75) is 25.8 Å². The number of benzene rings is 2. The number of nitro groups is 1. The number of carbonyl (C=O) groups excluding carboxylic acids is 1. The fourth-order valence-corrected chi connectivity index (χ4v) is 2.98. The molecule has 0 aromatic heterocycles. The first-order chi connectivity index (χ1) is 11.7. The molecule has 0 aliphatic rings. The van der Waals surface area contributed by atoms with Crippen LogP contribution in [0.15, 0.2) is 42.5 Å². The van der Waals surface area contributed by atoms with Gasteiger partial charge in [-0.3, -0.25) is 14.9 Å². The Kier molecular flexibility index (Phi) is 6.03. The molecule has 0 N–H and O–H groups in total. The Labute approximate surface area is 156 Å². The summed E-state index contributed by atoms with van der Waals surface area (Å²) >= 11 is 12.3. The first-order valence-electron chi connectivity index (χ1n) is 7.69. The third kappa shape index (κ3) is 4.11. The van der Waals surface area contributed by atoms with Gasteiger partial charge in [-0.15, -0.1) is 0 Å². The molecule has 5 nitrogen and oxygen atoms in total. The lowest BCUT2D eigenvalue weighted by Crippen LogP contribution is -2.37. The van der Waals surface area contributed by atoms with E-state index in [0.717, 1.165) is 5.56 Å². The predicted octanol–water partition coefficient (Wildman–Crippen LogP) is 4.90. The largest absolute Gasteiger partial charge is 0.343 e. The van der Waals surface area contributed by atoms with Crippen LogP contribution in [0.25, 0.3) is 0 Å². The summed E-state index contributed by atoms with van der Waals surface area (Å²) in [6, 6.07) is 11.7. The molecule has 0 spiro atoms. The summed E-state index contributed by atoms with van der Waals surface area (Å²) in [4.78, 5) is 25.1. The number of hydrogen-bond donors (Lipinski definition) is 0. The van der Waals surface area contributed by atoms with Gasteiger partial charge in [0, 0.05) is 19.2 Å². The van der Waals surface area contributed by atoms with Crippen LogP contribution in [0.3, 0.4) is 0 Å². The second-order valence-electron chi connectivity index (χ2n) is 5.97. The average molecular weight is 381 g/mol. The van der Waals surface area contributed by atoms with Crippen molar-refractivity contribution in [2.75, 3.05) is 7.05 Å². The molecule has 0 aliphatic heterocycles. The standard InChI is InChI=1S/C18H18Cl2N2O3/c1-11(2)21(3)18(23)17(12-7-5-4-6-8-12)13-9-15(20)16(22(24)25)10-14(13)19/h4-11,17H,1-3H3. The second kappa shape index (κ2) is 7.85. The molecular weight excluding hydrogens is 363 g/mol. The van der Waals surface area contributed by atoms with Gasteiger partial charge in [0.1, 0.15) is 5.02 Å². The minimum atomic E-state index is -0.695. The van der Waals surface area contributed by atoms with Gasteiger partial charge in [0.05, 0.1) is 15.9 Å². The zero-order chi connectivity index (χ0) is 18.7. The van der Waals surface area contributed by atoms with Crippen molar-refractivity contribution in [1.82, 2.24) is 4.90 Å². The van der Waals surface area contributed by atoms with Gasteiger partial charge in [0.15, 0.2) is 0 Å². The lowest BCUT2D eigenvalue weighted by Gasteiger charge is -2.28. The van der Waals surface area contributed by atoms with E-state index < -0.39 is 10.8 Å². The van der Waals surface area contributed by atoms with E-state index in [-0.39, 0.29) is 27.7 Å². The maximum atomic E-state index is 13.1. The van der Waals surface area contributed by atoms with Gasteiger partial charge in [-0.2, -0.15) is 0 Å². The van der Waals surface area contributed by atoms with Crippen LogP contribution in [0.1, 0.15) is 30.9 Å². The summed E-state index contributed by atoms with van der Waals surface area (Å²) in [6.07, 6.45) is 0. The number of hydrogen-bond acceptors (Lipinski definition) is 3. The molecule has 2 aromatic carbocycles. The third-order valence-corrected chi connectivity index (χ3v) is 4.71. The Hall–Kier alpha value is -2.11. The quantitative estimate of drug-likeness (QED) is 0.547. The number of halogens is 2. The van der Waals surface area contributed by atoms with Gasteiger partial charge >= 0.3 is 0 Å². The summed E-state index contributed by atoms with van der Waals surface area (Å²) in [5, 5.41) is 11.1. The van der Waals surface area contributed by atoms with E-state index in [2.05, 4.69) is 0 Å². The van der Waals surface area contributed by atoms with Crippen molar-refractivity contribution in [1.29, 1.82) is 0 Å². The molecule has 1 unspecified atom stereocenters. The molecule has 1 atom stereocenters. The number of likely N-dealkylation sites (N-methyl/N-ethyl adjacent to an activating group) is 1. The summed E-state index contributed by atoms with van der Waals surface area (Å²) < 4.78 is 0. The van der Waals surface area contributed by atoms with Gasteiger partial charge < -0.3 is 4.90 Å². The van der Waals surface area contributed by atoms with Crippen molar-refractivity contribution >= 4 is 34.8 Å². The highest BCUT2D eigenvalue weighted by Gasteiger charge is 2.30. The normalized spacial score (nSPS) is 12.1. The highest BCUT2D eigenvalue weighted by molar-refractivity contribution is 6.35. The van der Waals surface area contributed by atoms with E-state index in [0.29, 0.717) is 5.56 Å². The van der Waals surface area contributed by atoms with Crippen LogP contribution >= 0.6 is 23.2 Å². The first kappa shape index (κ1) is 19.2. The number of rotatable bonds is 5. The monoisotopic (exact) mass is 380 g/mol. The van der Waals surface area contributed by atoms with Crippen LogP contribution in [0.2, 0.25) is 10.0 Å². The molecule has 0 heterocycles. The fourth-order valence-electron chi connectivity index (χ4n) is 2.47. The zero-order valence-corrected chi connectivity index (χ0v) is 15.6. The Bertz CT molecular complexity index is 794. The molecular formula is C18H18Cl2N2O3. The molecule has 0 aliphatic carbocycles. The number of nitrogens with zero attached hydrogens (tertiary/aromatic N) is 2. The van der Waals surface area contributed by atoms with Gasteiger partial charge in [0.2, 0.25) is 5.91 Å². The lowest BCUT2D eigenvalue weighted by molar-refractivity contribution is -0.384. The maximum Gasteiger partial charge on any atom is 0.289 e. The van der Waals surface area contributed by atoms with Crippen LogP contribution in [-0.2, 0) is 4.79 Å². The smallest absolute Gasteiger partial charge is 0.289 e. The molecule has 1 amide bonds. The minimum Gasteiger partial charge on any atom is -0.343 e. The van der Waals surface area contributed by atoms with Crippen molar-refractivity contribution < 1.29 is 9.72 Å². The van der Waals surface area contributed by atoms with Crippen LogP contribution in [0, 0.1) is 10.1 Å². The van der Waals surface area contributed by atoms with Crippen molar-refractivity contribution in [3.63, 3.8) is 0 Å². The number of carbonyl (C=O) groups is 1. The summed E-state index contributed by atoms with van der Waals surface area (Å²) in [6.45, 7) is 3.81. The molecule has 0 saturated heterocycles. The molecule has 7 heteroatoms. The summed E-state index contributed by atoms with van der Waals surface area (Å²) in [7, 11) is 1.71. The van der Waals surface area contributed by atoms with E-state index in [4.69, 9.17) is 23.2 Å². The summed E-state index contributed by atoms with van der Waals surface area (Å²) in [5.41, 5.74) is 0.902. The topological polar surface area (TPSA) is 63.5 Å². The Morgan fingerprint density at radius 2 is 1.72 bits per heavy atom. The highest BCUT2D eigenvalue weighted by atomic mass is 35.5. The number of nitro benzene ring substituents is 1. The molecule has 25 heavy (non-hydrogen) atoms. The Morgan fingerprint density at radius 3 is 2.24 bits per heavy atom. The Balaban J connectivity index is 2.63. The lowest BCUT2D eigenvalue weighted by atomic mass is 9.89. The molecule has 0 radical (unpaired) electrons. The molecule has 0 bridgehead atoms. The van der Waals surface area contributed by atoms with E-state index >= 15 is 0 Å². The van der Waals surface area contributed by atoms with Gasteiger partial charge in [0.25, 0.3) is 5.69 Å². The molecule has 2 aromatic rings. The SMILES string of the molecule is CC(C)N(C)C(=O)C(c1ccccc1)c1cc(Cl)c([N+](=O)[O-])cc1Cl. The van der Waals surface area contributed by atoms with Gasteiger partial charge in [-0.1, -0.05) is 53.5 Å². The Morgan fingerprint density at radius 1 is 1.12 bits per heavy atom. The predicted molar refractivity (Wildman–Crippen MR) is 99.3 cm³/mol. The van der Waals surface area contributed by atoms with Gasteiger partial charge in [-0.25, -0.2) is 0 Å². The molecule has 2 rings (SSSR count). The third-order valence-electron chi connectivity index (χ3n) is 4.08. The van der Waals surface area contributed by atoms with Crippen molar-refractivity contribution in [2.24, 2.45) is 0 Å². The fraction of sp³-hybridized carbons (Fsp3) is 0.278. The van der Waals surface area contributed by atoms with E-state index in [1.54, 1.807) is 11.9 Å². The van der Waals surface area contributed by atoms with Crippen molar-refractivity contribution in [3.8, 4) is 0 Å². The minimum absolute atomic E-state index is 0.00833. The molecule has 0 fully saturated rings. The molecule has 0 saturated carbocycles. The zero-order valence-electron chi connectivity index (χ0n) is 14.1. The van der Waals surface area contributed by atoms with Gasteiger partial charge in [-0.05, 0) is 31.0 Å². The van der Waals surface area contributed by atoms with Crippen molar-refractivity contribution in [3.05, 3.63) is 73.8 Å². The molecule has 132 valence electrons. The van der Waals surface area contributed by atoms with Crippen LogP contribution in [-0.4, -0.2) is 28.8 Å². The van der Waals surface area contributed by atoms with Crippen LogP contribution in [0.5, 0.6) is 0 Å². The van der Waals surface area contributed by atoms with Crippen LogP contribution < -0.4 is 0 Å². The van der Waals surface area contributed by atoms with E-state index in [9.17, 15) is 14.9 Å².